The predicted molar refractivity (Wildman–Crippen MR) is 94.9 cm³/mol. The third-order valence-corrected chi connectivity index (χ3v) is 5.37. The van der Waals surface area contributed by atoms with Crippen LogP contribution in [0.25, 0.3) is 11.0 Å². The first kappa shape index (κ1) is 17.5. The van der Waals surface area contributed by atoms with Crippen LogP contribution < -0.4 is 5.32 Å². The fraction of sp³-hybridized carbons (Fsp3) is 0.526. The molecule has 1 aromatic carbocycles. The van der Waals surface area contributed by atoms with Crippen molar-refractivity contribution in [1.29, 1.82) is 0 Å². The number of nitrogens with zero attached hydrogens (tertiary/aromatic N) is 1. The molecule has 25 heavy (non-hydrogen) atoms. The minimum Gasteiger partial charge on any atom is -0.481 e. The van der Waals surface area contributed by atoms with Crippen molar-refractivity contribution in [3.8, 4) is 0 Å². The van der Waals surface area contributed by atoms with Crippen LogP contribution in [0.5, 0.6) is 0 Å². The van der Waals surface area contributed by atoms with Gasteiger partial charge in [-0.2, -0.15) is 0 Å². The summed E-state index contributed by atoms with van der Waals surface area (Å²) in [7, 11) is 0. The van der Waals surface area contributed by atoms with Gasteiger partial charge in [-0.05, 0) is 37.3 Å². The third kappa shape index (κ3) is 3.67. The van der Waals surface area contributed by atoms with Gasteiger partial charge < -0.3 is 15.4 Å². The molecule has 0 radical (unpaired) electrons. The normalized spacial score (nSPS) is 22.6. The molecule has 1 saturated carbocycles. The summed E-state index contributed by atoms with van der Waals surface area (Å²) in [5, 5.41) is 12.3. The Labute approximate surface area is 147 Å². The molecule has 0 aliphatic heterocycles. The maximum absolute atomic E-state index is 12.7. The van der Waals surface area contributed by atoms with Gasteiger partial charge in [-0.25, -0.2) is 4.98 Å². The number of para-hydroxylation sites is 2. The molecular formula is C19H25N3O3. The van der Waals surface area contributed by atoms with Gasteiger partial charge in [0.2, 0.25) is 5.91 Å². The van der Waals surface area contributed by atoms with Crippen LogP contribution in [-0.4, -0.2) is 27.0 Å². The van der Waals surface area contributed by atoms with E-state index in [1.54, 1.807) is 0 Å². The van der Waals surface area contributed by atoms with Gasteiger partial charge >= 0.3 is 5.97 Å². The maximum atomic E-state index is 12.7. The minimum absolute atomic E-state index is 0.0606. The average molecular weight is 343 g/mol. The number of carbonyl (C=O) groups excluding carboxylic acids is 1. The lowest BCUT2D eigenvalue weighted by molar-refractivity contribution is -0.141. The Kier molecular flexibility index (Phi) is 5.06. The molecule has 4 atom stereocenters. The van der Waals surface area contributed by atoms with Gasteiger partial charge in [0.05, 0.1) is 23.0 Å². The van der Waals surface area contributed by atoms with Gasteiger partial charge in [0.15, 0.2) is 0 Å². The molecule has 6 nitrogen and oxygen atoms in total. The van der Waals surface area contributed by atoms with E-state index in [2.05, 4.69) is 29.1 Å². The summed E-state index contributed by atoms with van der Waals surface area (Å²) >= 11 is 0. The number of aliphatic carboxylic acids is 1. The molecule has 1 aliphatic rings. The number of imidazole rings is 1. The number of carbonyl (C=O) groups is 2. The molecule has 3 N–H and O–H groups in total. The van der Waals surface area contributed by atoms with E-state index in [-0.39, 0.29) is 23.8 Å². The van der Waals surface area contributed by atoms with Crippen LogP contribution in [0.3, 0.4) is 0 Å². The molecule has 0 saturated heterocycles. The van der Waals surface area contributed by atoms with Gasteiger partial charge in [-0.1, -0.05) is 32.4 Å². The molecule has 1 aromatic heterocycles. The van der Waals surface area contributed by atoms with E-state index >= 15 is 0 Å². The molecular weight excluding hydrogens is 318 g/mol. The number of hydrogen-bond acceptors (Lipinski definition) is 3. The van der Waals surface area contributed by atoms with Crippen molar-refractivity contribution in [2.75, 3.05) is 0 Å². The Bertz CT molecular complexity index is 737. The summed E-state index contributed by atoms with van der Waals surface area (Å²) in [4.78, 5) is 31.8. The number of amides is 1. The molecule has 0 bridgehead atoms. The first-order chi connectivity index (χ1) is 12.0. The number of fused-ring (bicyclic) bond motifs is 1. The number of hydrogen-bond donors (Lipinski definition) is 3. The lowest BCUT2D eigenvalue weighted by Crippen LogP contribution is -2.36. The number of aromatic amines is 1. The second-order valence-corrected chi connectivity index (χ2v) is 7.06. The van der Waals surface area contributed by atoms with E-state index in [1.165, 1.54) is 0 Å². The van der Waals surface area contributed by atoms with Crippen molar-refractivity contribution in [2.24, 2.45) is 17.8 Å². The highest BCUT2D eigenvalue weighted by Gasteiger charge is 2.35. The highest BCUT2D eigenvalue weighted by molar-refractivity contribution is 5.81. The van der Waals surface area contributed by atoms with E-state index in [4.69, 9.17) is 5.11 Å². The van der Waals surface area contributed by atoms with Gasteiger partial charge in [-0.15, -0.1) is 0 Å². The SMILES string of the molecule is CCC(C)C(NC(=O)[C@@H]1CC[C@H](C(=O)O)C1)c1nc2ccccc2[nH]1. The summed E-state index contributed by atoms with van der Waals surface area (Å²) < 4.78 is 0. The summed E-state index contributed by atoms with van der Waals surface area (Å²) in [6.45, 7) is 4.18. The Morgan fingerprint density at radius 1 is 1.32 bits per heavy atom. The highest BCUT2D eigenvalue weighted by atomic mass is 16.4. The van der Waals surface area contributed by atoms with Crippen molar-refractivity contribution >= 4 is 22.9 Å². The summed E-state index contributed by atoms with van der Waals surface area (Å²) in [6.07, 6.45) is 2.54. The predicted octanol–water partition coefficient (Wildman–Crippen LogP) is 3.27. The van der Waals surface area contributed by atoms with Crippen LogP contribution in [0.1, 0.15) is 51.4 Å². The average Bonchev–Trinajstić information content (AvgIpc) is 3.25. The highest BCUT2D eigenvalue weighted by Crippen LogP contribution is 2.32. The number of carboxylic acids is 1. The lowest BCUT2D eigenvalue weighted by atomic mass is 9.97. The topological polar surface area (TPSA) is 95.1 Å². The molecule has 2 unspecified atom stereocenters. The van der Waals surface area contributed by atoms with Crippen LogP contribution in [0.15, 0.2) is 24.3 Å². The summed E-state index contributed by atoms with van der Waals surface area (Å²) in [5.74, 6) is -0.500. The smallest absolute Gasteiger partial charge is 0.306 e. The Hall–Kier alpha value is -2.37. The number of nitrogens with one attached hydrogen (secondary N) is 2. The fourth-order valence-electron chi connectivity index (χ4n) is 3.55. The first-order valence-electron chi connectivity index (χ1n) is 8.97. The van der Waals surface area contributed by atoms with Crippen molar-refractivity contribution in [1.82, 2.24) is 15.3 Å². The zero-order valence-electron chi connectivity index (χ0n) is 14.7. The fourth-order valence-corrected chi connectivity index (χ4v) is 3.55. The largest absolute Gasteiger partial charge is 0.481 e. The standard InChI is InChI=1S/C19H25N3O3/c1-3-11(2)16(17-20-14-6-4-5-7-15(14)21-17)22-18(23)12-8-9-13(10-12)19(24)25/h4-7,11-13,16H,3,8-10H2,1-2H3,(H,20,21)(H,22,23)(H,24,25)/t11?,12-,13+,16?/m1/s1. The number of rotatable bonds is 6. The molecule has 1 heterocycles. The zero-order chi connectivity index (χ0) is 18.0. The number of benzene rings is 1. The van der Waals surface area contributed by atoms with E-state index < -0.39 is 11.9 Å². The van der Waals surface area contributed by atoms with Crippen LogP contribution in [0, 0.1) is 17.8 Å². The molecule has 134 valence electrons. The van der Waals surface area contributed by atoms with Crippen LogP contribution in [-0.2, 0) is 9.59 Å². The Morgan fingerprint density at radius 3 is 2.68 bits per heavy atom. The van der Waals surface area contributed by atoms with E-state index in [0.717, 1.165) is 23.3 Å². The monoisotopic (exact) mass is 343 g/mol. The van der Waals surface area contributed by atoms with Crippen LogP contribution >= 0.6 is 0 Å². The van der Waals surface area contributed by atoms with Gasteiger partial charge in [0, 0.05) is 5.92 Å². The van der Waals surface area contributed by atoms with Crippen molar-refractivity contribution in [3.05, 3.63) is 30.1 Å². The summed E-state index contributed by atoms with van der Waals surface area (Å²) in [5.41, 5.74) is 1.83. The minimum atomic E-state index is -0.800. The lowest BCUT2D eigenvalue weighted by Gasteiger charge is -2.24. The zero-order valence-corrected chi connectivity index (χ0v) is 14.7. The molecule has 6 heteroatoms. The van der Waals surface area contributed by atoms with E-state index in [1.807, 2.05) is 24.3 Å². The van der Waals surface area contributed by atoms with Crippen molar-refractivity contribution < 1.29 is 14.7 Å². The molecule has 0 spiro atoms. The Morgan fingerprint density at radius 2 is 2.04 bits per heavy atom. The number of carboxylic acid groups (broad SMARTS) is 1. The second-order valence-electron chi connectivity index (χ2n) is 7.06. The number of H-pyrrole nitrogens is 1. The van der Waals surface area contributed by atoms with Gasteiger partial charge in [0.25, 0.3) is 0 Å². The molecule has 3 rings (SSSR count). The van der Waals surface area contributed by atoms with Crippen molar-refractivity contribution in [3.63, 3.8) is 0 Å². The summed E-state index contributed by atoms with van der Waals surface area (Å²) in [6, 6.07) is 7.60. The second kappa shape index (κ2) is 7.25. The third-order valence-electron chi connectivity index (χ3n) is 5.37. The van der Waals surface area contributed by atoms with E-state index in [9.17, 15) is 9.59 Å². The first-order valence-corrected chi connectivity index (χ1v) is 8.97. The number of aromatic nitrogens is 2. The molecule has 1 fully saturated rings. The van der Waals surface area contributed by atoms with Crippen LogP contribution in [0.2, 0.25) is 0 Å². The van der Waals surface area contributed by atoms with Gasteiger partial charge in [0.1, 0.15) is 5.82 Å². The Balaban J connectivity index is 1.77. The molecule has 1 amide bonds. The molecule has 1 aliphatic carbocycles. The quantitative estimate of drug-likeness (QED) is 0.750. The van der Waals surface area contributed by atoms with Gasteiger partial charge in [-0.3, -0.25) is 9.59 Å². The van der Waals surface area contributed by atoms with E-state index in [0.29, 0.717) is 19.3 Å². The van der Waals surface area contributed by atoms with Crippen LogP contribution in [0.4, 0.5) is 0 Å². The maximum Gasteiger partial charge on any atom is 0.306 e. The molecule has 2 aromatic rings. The van der Waals surface area contributed by atoms with Crippen molar-refractivity contribution in [2.45, 2.75) is 45.6 Å².